The van der Waals surface area contributed by atoms with Crippen LogP contribution in [0.15, 0.2) is 10.5 Å². The molecule has 11 heavy (non-hydrogen) atoms. The number of phenols is 1. The Morgan fingerprint density at radius 1 is 1.64 bits per heavy atom. The van der Waals surface area contributed by atoms with Gasteiger partial charge in [-0.2, -0.15) is 0 Å². The van der Waals surface area contributed by atoms with Gasteiger partial charge in [0.25, 0.3) is 0 Å². The summed E-state index contributed by atoms with van der Waals surface area (Å²) in [7, 11) is 1.86. The van der Waals surface area contributed by atoms with E-state index in [-0.39, 0.29) is 5.75 Å². The molecule has 0 saturated carbocycles. The van der Waals surface area contributed by atoms with Crippen molar-refractivity contribution in [2.24, 2.45) is 0 Å². The van der Waals surface area contributed by atoms with Crippen LogP contribution in [0.5, 0.6) is 5.75 Å². The number of benzene rings is 1. The lowest BCUT2D eigenvalue weighted by Gasteiger charge is -2.06. The van der Waals surface area contributed by atoms with E-state index >= 15 is 0 Å². The largest absolute Gasteiger partial charge is 0.507 e. The third-order valence-corrected chi connectivity index (χ3v) is 3.17. The lowest BCUT2D eigenvalue weighted by atomic mass is 9.94. The van der Waals surface area contributed by atoms with Crippen LogP contribution in [0.4, 0.5) is 0 Å². The SMILES string of the molecule is Bc1cc(O)c(Br)c(C)c1Cl. The number of hydrogen-bond acceptors (Lipinski definition) is 1. The number of rotatable bonds is 0. The van der Waals surface area contributed by atoms with Gasteiger partial charge in [-0.3, -0.25) is 0 Å². The molecule has 0 fully saturated rings. The van der Waals surface area contributed by atoms with Gasteiger partial charge in [-0.1, -0.05) is 17.1 Å². The van der Waals surface area contributed by atoms with Gasteiger partial charge in [0, 0.05) is 5.02 Å². The number of aromatic hydroxyl groups is 1. The maximum absolute atomic E-state index is 9.30. The zero-order chi connectivity index (χ0) is 8.59. The molecule has 0 aromatic heterocycles. The van der Waals surface area contributed by atoms with Crippen molar-refractivity contribution in [1.29, 1.82) is 0 Å². The van der Waals surface area contributed by atoms with Crippen molar-refractivity contribution < 1.29 is 5.11 Å². The normalized spacial score (nSPS) is 10.1. The molecule has 0 atom stereocenters. The van der Waals surface area contributed by atoms with Crippen LogP contribution in [0.2, 0.25) is 5.02 Å². The Hall–Kier alpha value is -0.145. The summed E-state index contributed by atoms with van der Waals surface area (Å²) < 4.78 is 0.674. The Kier molecular flexibility index (Phi) is 2.50. The van der Waals surface area contributed by atoms with Gasteiger partial charge in [0.05, 0.1) is 4.47 Å². The predicted molar refractivity (Wildman–Crippen MR) is 53.7 cm³/mol. The highest BCUT2D eigenvalue weighted by atomic mass is 79.9. The Morgan fingerprint density at radius 2 is 2.18 bits per heavy atom. The standard InChI is InChI=1S/C7H7BBrClO/c1-3-6(9)5(11)2-4(8)7(3)10/h2,11H,8H2,1H3. The van der Waals surface area contributed by atoms with E-state index in [2.05, 4.69) is 15.9 Å². The van der Waals surface area contributed by atoms with Crippen LogP contribution >= 0.6 is 27.5 Å². The third kappa shape index (κ3) is 1.54. The van der Waals surface area contributed by atoms with Crippen molar-refractivity contribution in [3.63, 3.8) is 0 Å². The lowest BCUT2D eigenvalue weighted by Crippen LogP contribution is -2.05. The zero-order valence-corrected chi connectivity index (χ0v) is 8.62. The average Bonchev–Trinajstić information content (AvgIpc) is 1.97. The first kappa shape index (κ1) is 8.95. The Bertz CT molecular complexity index is 275. The fraction of sp³-hybridized carbons (Fsp3) is 0.143. The summed E-state index contributed by atoms with van der Waals surface area (Å²) in [5.74, 6) is 0.240. The molecule has 1 nitrogen and oxygen atoms in total. The minimum Gasteiger partial charge on any atom is -0.507 e. The van der Waals surface area contributed by atoms with Crippen LogP contribution in [0.3, 0.4) is 0 Å². The summed E-state index contributed by atoms with van der Waals surface area (Å²) in [5.41, 5.74) is 1.77. The number of phenolic OH excluding ortho intramolecular Hbond substituents is 1. The van der Waals surface area contributed by atoms with Crippen LogP contribution in [-0.4, -0.2) is 13.0 Å². The summed E-state index contributed by atoms with van der Waals surface area (Å²) in [6.07, 6.45) is 0. The molecule has 58 valence electrons. The van der Waals surface area contributed by atoms with Crippen molar-refractivity contribution in [2.75, 3.05) is 0 Å². The molecular weight excluding hydrogens is 226 g/mol. The molecule has 0 radical (unpaired) electrons. The van der Waals surface area contributed by atoms with Gasteiger partial charge in [0.2, 0.25) is 0 Å². The van der Waals surface area contributed by atoms with Crippen molar-refractivity contribution in [3.8, 4) is 5.75 Å². The topological polar surface area (TPSA) is 20.2 Å². The first-order chi connectivity index (χ1) is 5.04. The van der Waals surface area contributed by atoms with Crippen LogP contribution in [0.1, 0.15) is 5.56 Å². The summed E-state index contributed by atoms with van der Waals surface area (Å²) in [6.45, 7) is 1.86. The Balaban J connectivity index is 3.46. The molecule has 0 aliphatic carbocycles. The van der Waals surface area contributed by atoms with E-state index < -0.39 is 0 Å². The third-order valence-electron chi connectivity index (χ3n) is 1.58. The fourth-order valence-corrected chi connectivity index (χ4v) is 1.49. The second kappa shape index (κ2) is 3.07. The van der Waals surface area contributed by atoms with Crippen LogP contribution in [0.25, 0.3) is 0 Å². The average molecular weight is 233 g/mol. The van der Waals surface area contributed by atoms with E-state index in [9.17, 15) is 5.11 Å². The fourth-order valence-electron chi connectivity index (χ4n) is 0.916. The summed E-state index contributed by atoms with van der Waals surface area (Å²) in [6, 6.07) is 1.64. The van der Waals surface area contributed by atoms with E-state index in [1.54, 1.807) is 6.07 Å². The molecule has 0 amide bonds. The van der Waals surface area contributed by atoms with E-state index in [4.69, 9.17) is 11.6 Å². The van der Waals surface area contributed by atoms with Gasteiger partial charge in [-0.05, 0) is 34.5 Å². The summed E-state index contributed by atoms with van der Waals surface area (Å²) in [5, 5.41) is 10.0. The monoisotopic (exact) mass is 232 g/mol. The minimum atomic E-state index is 0.240. The van der Waals surface area contributed by atoms with Crippen molar-refractivity contribution >= 4 is 40.8 Å². The van der Waals surface area contributed by atoms with E-state index in [0.717, 1.165) is 11.0 Å². The van der Waals surface area contributed by atoms with E-state index in [0.29, 0.717) is 9.50 Å². The quantitative estimate of drug-likeness (QED) is 0.671. The Labute approximate surface area is 79.9 Å². The summed E-state index contributed by atoms with van der Waals surface area (Å²) in [4.78, 5) is 0. The van der Waals surface area contributed by atoms with Gasteiger partial charge >= 0.3 is 0 Å². The second-order valence-electron chi connectivity index (χ2n) is 2.47. The summed E-state index contributed by atoms with van der Waals surface area (Å²) >= 11 is 9.14. The molecule has 0 saturated heterocycles. The zero-order valence-electron chi connectivity index (χ0n) is 6.28. The molecule has 1 aromatic rings. The second-order valence-corrected chi connectivity index (χ2v) is 3.64. The smallest absolute Gasteiger partial charge is 0.141 e. The van der Waals surface area contributed by atoms with Crippen molar-refractivity contribution in [1.82, 2.24) is 0 Å². The molecule has 0 unspecified atom stereocenters. The van der Waals surface area contributed by atoms with Gasteiger partial charge in [0.15, 0.2) is 0 Å². The van der Waals surface area contributed by atoms with Gasteiger partial charge in [-0.25, -0.2) is 0 Å². The highest BCUT2D eigenvalue weighted by molar-refractivity contribution is 9.10. The van der Waals surface area contributed by atoms with Crippen LogP contribution < -0.4 is 5.46 Å². The molecule has 0 spiro atoms. The highest BCUT2D eigenvalue weighted by Crippen LogP contribution is 2.30. The molecule has 1 aromatic carbocycles. The molecule has 0 heterocycles. The molecule has 0 aliphatic heterocycles. The molecule has 1 rings (SSSR count). The van der Waals surface area contributed by atoms with Crippen LogP contribution in [-0.2, 0) is 0 Å². The predicted octanol–water partition coefficient (Wildman–Crippen LogP) is 1.37. The first-order valence-electron chi connectivity index (χ1n) is 3.18. The van der Waals surface area contributed by atoms with Gasteiger partial charge in [0.1, 0.15) is 13.6 Å². The number of halogens is 2. The lowest BCUT2D eigenvalue weighted by molar-refractivity contribution is 0.472. The van der Waals surface area contributed by atoms with Crippen molar-refractivity contribution in [2.45, 2.75) is 6.92 Å². The maximum atomic E-state index is 9.30. The molecule has 4 heteroatoms. The van der Waals surface area contributed by atoms with Gasteiger partial charge < -0.3 is 5.11 Å². The van der Waals surface area contributed by atoms with Gasteiger partial charge in [-0.15, -0.1) is 0 Å². The highest BCUT2D eigenvalue weighted by Gasteiger charge is 2.07. The Morgan fingerprint density at radius 3 is 2.73 bits per heavy atom. The van der Waals surface area contributed by atoms with E-state index in [1.165, 1.54) is 0 Å². The minimum absolute atomic E-state index is 0.240. The molecule has 0 aliphatic rings. The molecule has 0 bridgehead atoms. The van der Waals surface area contributed by atoms with Crippen LogP contribution in [0, 0.1) is 6.92 Å². The molecule has 1 N–H and O–H groups in total. The number of hydrogen-bond donors (Lipinski definition) is 1. The maximum Gasteiger partial charge on any atom is 0.141 e. The van der Waals surface area contributed by atoms with E-state index in [1.807, 2.05) is 14.8 Å². The molecular formula is C7H7BBrClO. The van der Waals surface area contributed by atoms with Crippen molar-refractivity contribution in [3.05, 3.63) is 21.1 Å². The first-order valence-corrected chi connectivity index (χ1v) is 4.35.